The van der Waals surface area contributed by atoms with Gasteiger partial charge in [0.1, 0.15) is 11.8 Å². The van der Waals surface area contributed by atoms with Gasteiger partial charge in [0, 0.05) is 26.1 Å². The molecule has 0 radical (unpaired) electrons. The average Bonchev–Trinajstić information content (AvgIpc) is 2.61. The Kier molecular flexibility index (Phi) is 2.46. The third-order valence-corrected chi connectivity index (χ3v) is 2.57. The Morgan fingerprint density at radius 3 is 2.93 bits per heavy atom. The van der Waals surface area contributed by atoms with Crippen LogP contribution in [-0.4, -0.2) is 28.5 Å². The Hall–Kier alpha value is -1.03. The predicted molar refractivity (Wildman–Crippen MR) is 54.4 cm³/mol. The van der Waals surface area contributed by atoms with E-state index < -0.39 is 0 Å². The van der Waals surface area contributed by atoms with Gasteiger partial charge in [0.25, 0.3) is 0 Å². The number of nitrogens with zero attached hydrogens (tertiary/aromatic N) is 2. The lowest BCUT2D eigenvalue weighted by Gasteiger charge is -2.10. The van der Waals surface area contributed by atoms with E-state index in [4.69, 9.17) is 4.74 Å². The maximum absolute atomic E-state index is 5.85. The van der Waals surface area contributed by atoms with Gasteiger partial charge in [-0.3, -0.25) is 4.68 Å². The minimum atomic E-state index is 0.299. The van der Waals surface area contributed by atoms with Gasteiger partial charge in [-0.25, -0.2) is 0 Å². The van der Waals surface area contributed by atoms with Crippen molar-refractivity contribution in [1.29, 1.82) is 0 Å². The standard InChI is InChI=1S/C10H17N3O/c1-7-4-9(5-11-7)14-10-6-13(3)12-8(10)2/h6-7,9,11H,4-5H2,1-3H3/t7-,9+/m0/s1. The maximum atomic E-state index is 5.85. The van der Waals surface area contributed by atoms with Crippen LogP contribution in [0.1, 0.15) is 19.0 Å². The highest BCUT2D eigenvalue weighted by molar-refractivity contribution is 5.23. The van der Waals surface area contributed by atoms with Gasteiger partial charge in [-0.15, -0.1) is 0 Å². The number of ether oxygens (including phenoxy) is 1. The van der Waals surface area contributed by atoms with Crippen LogP contribution < -0.4 is 10.1 Å². The molecule has 0 aromatic carbocycles. The summed E-state index contributed by atoms with van der Waals surface area (Å²) in [5.41, 5.74) is 0.965. The van der Waals surface area contributed by atoms with Gasteiger partial charge in [0.05, 0.1) is 6.20 Å². The average molecular weight is 195 g/mol. The van der Waals surface area contributed by atoms with Gasteiger partial charge in [0.2, 0.25) is 0 Å². The van der Waals surface area contributed by atoms with Crippen LogP contribution in [0.4, 0.5) is 0 Å². The van der Waals surface area contributed by atoms with Gasteiger partial charge < -0.3 is 10.1 Å². The summed E-state index contributed by atoms with van der Waals surface area (Å²) in [7, 11) is 1.91. The zero-order chi connectivity index (χ0) is 10.1. The van der Waals surface area contributed by atoms with Crippen LogP contribution in [0.15, 0.2) is 6.20 Å². The van der Waals surface area contributed by atoms with E-state index in [9.17, 15) is 0 Å². The molecular weight excluding hydrogens is 178 g/mol. The lowest BCUT2D eigenvalue weighted by molar-refractivity contribution is 0.219. The molecule has 2 rings (SSSR count). The van der Waals surface area contributed by atoms with Crippen molar-refractivity contribution in [2.75, 3.05) is 6.54 Å². The minimum absolute atomic E-state index is 0.299. The third-order valence-electron chi connectivity index (χ3n) is 2.57. The number of aryl methyl sites for hydroxylation is 2. The molecule has 4 nitrogen and oxygen atoms in total. The summed E-state index contributed by atoms with van der Waals surface area (Å²) >= 11 is 0. The maximum Gasteiger partial charge on any atom is 0.160 e. The summed E-state index contributed by atoms with van der Waals surface area (Å²) < 4.78 is 7.64. The predicted octanol–water partition coefficient (Wildman–Crippen LogP) is 0.858. The molecule has 78 valence electrons. The van der Waals surface area contributed by atoms with Crippen molar-refractivity contribution in [1.82, 2.24) is 15.1 Å². The van der Waals surface area contributed by atoms with E-state index in [-0.39, 0.29) is 0 Å². The van der Waals surface area contributed by atoms with Crippen molar-refractivity contribution >= 4 is 0 Å². The van der Waals surface area contributed by atoms with Crippen LogP contribution in [0.2, 0.25) is 0 Å². The molecule has 4 heteroatoms. The molecule has 1 N–H and O–H groups in total. The zero-order valence-electron chi connectivity index (χ0n) is 8.95. The lowest BCUT2D eigenvalue weighted by atomic mass is 10.2. The number of hydrogen-bond donors (Lipinski definition) is 1. The molecular formula is C10H17N3O. The number of aromatic nitrogens is 2. The first-order chi connectivity index (χ1) is 6.65. The van der Waals surface area contributed by atoms with E-state index in [0.29, 0.717) is 12.1 Å². The van der Waals surface area contributed by atoms with E-state index in [1.807, 2.05) is 20.2 Å². The van der Waals surface area contributed by atoms with Crippen molar-refractivity contribution < 1.29 is 4.74 Å². The van der Waals surface area contributed by atoms with E-state index in [2.05, 4.69) is 17.3 Å². The van der Waals surface area contributed by atoms with Crippen LogP contribution in [0, 0.1) is 6.92 Å². The molecule has 1 saturated heterocycles. The zero-order valence-corrected chi connectivity index (χ0v) is 8.95. The molecule has 1 aromatic rings. The Morgan fingerprint density at radius 1 is 1.64 bits per heavy atom. The molecule has 14 heavy (non-hydrogen) atoms. The Labute approximate surface area is 84.3 Å². The van der Waals surface area contributed by atoms with Crippen molar-refractivity contribution in [2.24, 2.45) is 7.05 Å². The summed E-state index contributed by atoms with van der Waals surface area (Å²) in [5, 5.41) is 7.61. The van der Waals surface area contributed by atoms with E-state index in [1.54, 1.807) is 4.68 Å². The highest BCUT2D eigenvalue weighted by atomic mass is 16.5. The second kappa shape index (κ2) is 3.61. The molecule has 1 aromatic heterocycles. The van der Waals surface area contributed by atoms with E-state index >= 15 is 0 Å². The normalized spacial score (nSPS) is 26.8. The van der Waals surface area contributed by atoms with Crippen LogP contribution in [0.3, 0.4) is 0 Å². The molecule has 0 saturated carbocycles. The molecule has 2 heterocycles. The van der Waals surface area contributed by atoms with Gasteiger partial charge in [0.15, 0.2) is 5.75 Å². The smallest absolute Gasteiger partial charge is 0.160 e. The summed E-state index contributed by atoms with van der Waals surface area (Å²) in [4.78, 5) is 0. The summed E-state index contributed by atoms with van der Waals surface area (Å²) in [6.45, 7) is 5.09. The molecule has 0 spiro atoms. The van der Waals surface area contributed by atoms with Crippen LogP contribution in [-0.2, 0) is 7.05 Å². The SMILES string of the molecule is Cc1nn(C)cc1O[C@H]1CN[C@@H](C)C1. The van der Waals surface area contributed by atoms with Crippen LogP contribution >= 0.6 is 0 Å². The molecule has 1 aliphatic rings. The second-order valence-corrected chi connectivity index (χ2v) is 4.04. The number of nitrogens with one attached hydrogen (secondary N) is 1. The van der Waals surface area contributed by atoms with Gasteiger partial charge in [-0.1, -0.05) is 0 Å². The minimum Gasteiger partial charge on any atom is -0.485 e. The van der Waals surface area contributed by atoms with E-state index in [1.165, 1.54) is 0 Å². The number of rotatable bonds is 2. The van der Waals surface area contributed by atoms with Crippen molar-refractivity contribution in [2.45, 2.75) is 32.4 Å². The van der Waals surface area contributed by atoms with Crippen LogP contribution in [0.5, 0.6) is 5.75 Å². The third kappa shape index (κ3) is 1.90. The topological polar surface area (TPSA) is 39.1 Å². The molecule has 0 bridgehead atoms. The highest BCUT2D eigenvalue weighted by Gasteiger charge is 2.23. The molecule has 1 aliphatic heterocycles. The molecule has 0 amide bonds. The monoisotopic (exact) mass is 195 g/mol. The Morgan fingerprint density at radius 2 is 2.43 bits per heavy atom. The lowest BCUT2D eigenvalue weighted by Crippen LogP contribution is -2.20. The van der Waals surface area contributed by atoms with E-state index in [0.717, 1.165) is 24.4 Å². The molecule has 1 fully saturated rings. The van der Waals surface area contributed by atoms with Gasteiger partial charge in [-0.05, 0) is 13.8 Å². The fourth-order valence-corrected chi connectivity index (χ4v) is 1.86. The first-order valence-electron chi connectivity index (χ1n) is 5.05. The van der Waals surface area contributed by atoms with Gasteiger partial charge >= 0.3 is 0 Å². The van der Waals surface area contributed by atoms with Crippen molar-refractivity contribution in [3.8, 4) is 5.75 Å². The summed E-state index contributed by atoms with van der Waals surface area (Å²) in [6.07, 6.45) is 3.31. The Bertz CT molecular complexity index is 321. The second-order valence-electron chi connectivity index (χ2n) is 4.04. The summed E-state index contributed by atoms with van der Waals surface area (Å²) in [6, 6.07) is 0.567. The molecule has 0 unspecified atom stereocenters. The van der Waals surface area contributed by atoms with Gasteiger partial charge in [-0.2, -0.15) is 5.10 Å². The summed E-state index contributed by atoms with van der Waals surface area (Å²) in [5.74, 6) is 0.911. The quantitative estimate of drug-likeness (QED) is 0.760. The molecule has 0 aliphatic carbocycles. The molecule has 2 atom stereocenters. The van der Waals surface area contributed by atoms with Crippen molar-refractivity contribution in [3.63, 3.8) is 0 Å². The van der Waals surface area contributed by atoms with Crippen molar-refractivity contribution in [3.05, 3.63) is 11.9 Å². The fourth-order valence-electron chi connectivity index (χ4n) is 1.86. The number of hydrogen-bond acceptors (Lipinski definition) is 3. The highest BCUT2D eigenvalue weighted by Crippen LogP contribution is 2.19. The largest absolute Gasteiger partial charge is 0.485 e. The first kappa shape index (κ1) is 9.52. The first-order valence-corrected chi connectivity index (χ1v) is 5.05. The van der Waals surface area contributed by atoms with Crippen LogP contribution in [0.25, 0.3) is 0 Å². The Balaban J connectivity index is 2.00. The fraction of sp³-hybridized carbons (Fsp3) is 0.700.